The topological polar surface area (TPSA) is 179 Å². The van der Waals surface area contributed by atoms with E-state index >= 15 is 0 Å². The Bertz CT molecular complexity index is 1560. The van der Waals surface area contributed by atoms with Gasteiger partial charge in [-0.05, 0) is 43.5 Å². The summed E-state index contributed by atoms with van der Waals surface area (Å²) >= 11 is 0. The molecule has 0 saturated carbocycles. The third kappa shape index (κ3) is 9.31. The summed E-state index contributed by atoms with van der Waals surface area (Å²) < 4.78 is 40.5. The SMILES string of the molecule is CCC(=O)NCCCCCNC(=O)c1ccc(N(Cc2cnc3nc(NC(=O)C(C)C)[nH]c(=O)c3n2)C(=O)C(F)(F)F)cc1. The monoisotopic (exact) mass is 618 g/mol. The molecular formula is C28H33F3N8O5. The summed E-state index contributed by atoms with van der Waals surface area (Å²) in [6.07, 6.45) is -1.56. The van der Waals surface area contributed by atoms with Gasteiger partial charge in [-0.2, -0.15) is 18.2 Å². The molecule has 0 spiro atoms. The van der Waals surface area contributed by atoms with E-state index in [1.807, 2.05) is 0 Å². The number of unbranched alkanes of at least 4 members (excludes halogenated alkanes) is 2. The molecule has 236 valence electrons. The van der Waals surface area contributed by atoms with Crippen LogP contribution < -0.4 is 26.4 Å². The number of nitrogens with one attached hydrogen (secondary N) is 4. The molecule has 44 heavy (non-hydrogen) atoms. The molecule has 0 fully saturated rings. The van der Waals surface area contributed by atoms with E-state index in [-0.39, 0.29) is 40.0 Å². The van der Waals surface area contributed by atoms with Crippen LogP contribution in [-0.4, -0.2) is 62.8 Å². The van der Waals surface area contributed by atoms with Gasteiger partial charge in [0.15, 0.2) is 11.2 Å². The number of alkyl halides is 3. The van der Waals surface area contributed by atoms with Crippen LogP contribution in [0.15, 0.2) is 35.3 Å². The molecule has 0 unspecified atom stereocenters. The normalized spacial score (nSPS) is 11.3. The summed E-state index contributed by atoms with van der Waals surface area (Å²) in [6, 6.07) is 4.97. The summed E-state index contributed by atoms with van der Waals surface area (Å²) in [7, 11) is 0. The number of rotatable bonds is 13. The Hall–Kier alpha value is -4.89. The van der Waals surface area contributed by atoms with Gasteiger partial charge in [0, 0.05) is 36.7 Å². The maximum absolute atomic E-state index is 13.5. The highest BCUT2D eigenvalue weighted by Gasteiger charge is 2.43. The molecule has 0 atom stereocenters. The predicted molar refractivity (Wildman–Crippen MR) is 155 cm³/mol. The van der Waals surface area contributed by atoms with Gasteiger partial charge in [-0.1, -0.05) is 20.8 Å². The lowest BCUT2D eigenvalue weighted by Crippen LogP contribution is -2.41. The highest BCUT2D eigenvalue weighted by atomic mass is 19.4. The van der Waals surface area contributed by atoms with E-state index in [0.717, 1.165) is 19.0 Å². The Morgan fingerprint density at radius 1 is 0.977 bits per heavy atom. The minimum absolute atomic E-state index is 0.0292. The molecule has 3 rings (SSSR count). The molecule has 0 bridgehead atoms. The van der Waals surface area contributed by atoms with Crippen LogP contribution in [0, 0.1) is 5.92 Å². The Morgan fingerprint density at radius 2 is 1.64 bits per heavy atom. The van der Waals surface area contributed by atoms with Crippen molar-refractivity contribution in [3.63, 3.8) is 0 Å². The Labute approximate surface area is 250 Å². The minimum Gasteiger partial charge on any atom is -0.356 e. The van der Waals surface area contributed by atoms with Gasteiger partial charge in [0.05, 0.1) is 18.4 Å². The first kappa shape index (κ1) is 33.6. The Kier molecular flexibility index (Phi) is 11.5. The lowest BCUT2D eigenvalue weighted by atomic mass is 10.1. The molecule has 2 aromatic heterocycles. The van der Waals surface area contributed by atoms with Gasteiger partial charge in [-0.25, -0.2) is 9.97 Å². The van der Waals surface area contributed by atoms with Gasteiger partial charge in [0.2, 0.25) is 17.8 Å². The number of amides is 4. The summed E-state index contributed by atoms with van der Waals surface area (Å²) in [4.78, 5) is 75.4. The van der Waals surface area contributed by atoms with E-state index < -0.39 is 41.9 Å². The standard InChI is InChI=1S/C28H33F3N8O5/c1-4-20(40)32-12-6-5-7-13-33-24(42)17-8-10-19(11-9-17)39(26(44)28(29,30)31)15-18-14-34-22-21(35-18)25(43)38-27(36-22)37-23(41)16(2)3/h8-11,14,16H,4-7,12-13,15H2,1-3H3,(H,32,40)(H,33,42)(H2,34,36,37,38,41,43). The van der Waals surface area contributed by atoms with Gasteiger partial charge < -0.3 is 10.6 Å². The average Bonchev–Trinajstić information content (AvgIpc) is 2.98. The van der Waals surface area contributed by atoms with Crippen LogP contribution in [0.2, 0.25) is 0 Å². The molecule has 2 heterocycles. The van der Waals surface area contributed by atoms with Gasteiger partial charge >= 0.3 is 12.1 Å². The number of fused-ring (bicyclic) bond motifs is 1. The second-order valence-corrected chi connectivity index (χ2v) is 10.0. The van der Waals surface area contributed by atoms with Crippen molar-refractivity contribution in [2.24, 2.45) is 5.92 Å². The third-order valence-corrected chi connectivity index (χ3v) is 6.27. The van der Waals surface area contributed by atoms with Crippen LogP contribution >= 0.6 is 0 Å². The molecule has 4 amide bonds. The minimum atomic E-state index is -5.23. The van der Waals surface area contributed by atoms with Gasteiger partial charge in [-0.15, -0.1) is 0 Å². The van der Waals surface area contributed by atoms with Gasteiger partial charge in [0.25, 0.3) is 11.5 Å². The highest BCUT2D eigenvalue weighted by Crippen LogP contribution is 2.26. The number of hydrogen-bond donors (Lipinski definition) is 4. The van der Waals surface area contributed by atoms with Crippen molar-refractivity contribution in [1.29, 1.82) is 0 Å². The van der Waals surface area contributed by atoms with Crippen molar-refractivity contribution in [3.8, 4) is 0 Å². The van der Waals surface area contributed by atoms with E-state index in [2.05, 4.69) is 35.9 Å². The first-order valence-electron chi connectivity index (χ1n) is 13.9. The zero-order valence-corrected chi connectivity index (χ0v) is 24.4. The van der Waals surface area contributed by atoms with Crippen molar-refractivity contribution in [3.05, 3.63) is 52.1 Å². The smallest absolute Gasteiger partial charge is 0.356 e. The Balaban J connectivity index is 1.71. The van der Waals surface area contributed by atoms with Gasteiger partial charge in [0.1, 0.15) is 0 Å². The lowest BCUT2D eigenvalue weighted by Gasteiger charge is -2.23. The molecule has 0 saturated heterocycles. The van der Waals surface area contributed by atoms with Crippen molar-refractivity contribution in [2.45, 2.75) is 59.2 Å². The van der Waals surface area contributed by atoms with Crippen LogP contribution in [0.4, 0.5) is 24.8 Å². The summed E-state index contributed by atoms with van der Waals surface area (Å²) in [6.45, 7) is 5.25. The number of aromatic amines is 1. The second-order valence-electron chi connectivity index (χ2n) is 10.0. The van der Waals surface area contributed by atoms with Crippen molar-refractivity contribution in [2.75, 3.05) is 23.3 Å². The van der Waals surface area contributed by atoms with Crippen molar-refractivity contribution >= 4 is 46.4 Å². The molecule has 4 N–H and O–H groups in total. The fraction of sp³-hybridized carbons (Fsp3) is 0.429. The number of hydrogen-bond acceptors (Lipinski definition) is 8. The van der Waals surface area contributed by atoms with E-state index in [1.165, 1.54) is 24.3 Å². The van der Waals surface area contributed by atoms with Gasteiger partial charge in [-0.3, -0.25) is 39.2 Å². The molecule has 1 aromatic carbocycles. The van der Waals surface area contributed by atoms with E-state index in [0.29, 0.717) is 30.8 Å². The molecule has 0 aliphatic rings. The Morgan fingerprint density at radius 3 is 2.25 bits per heavy atom. The summed E-state index contributed by atoms with van der Waals surface area (Å²) in [5.74, 6) is -3.64. The third-order valence-electron chi connectivity index (χ3n) is 6.27. The average molecular weight is 619 g/mol. The summed E-state index contributed by atoms with van der Waals surface area (Å²) in [5.41, 5.74) is -1.40. The number of nitrogens with zero attached hydrogens (tertiary/aromatic N) is 4. The second kappa shape index (κ2) is 15.0. The molecule has 13 nitrogen and oxygen atoms in total. The number of halogens is 3. The number of anilines is 2. The maximum atomic E-state index is 13.5. The predicted octanol–water partition coefficient (Wildman–Crippen LogP) is 2.83. The van der Waals surface area contributed by atoms with Crippen LogP contribution in [0.25, 0.3) is 11.2 Å². The molecule has 3 aromatic rings. The van der Waals surface area contributed by atoms with E-state index in [1.54, 1.807) is 20.8 Å². The van der Waals surface area contributed by atoms with Crippen molar-refractivity contribution in [1.82, 2.24) is 30.6 Å². The number of carbonyl (C=O) groups is 4. The molecule has 0 aliphatic heterocycles. The van der Waals surface area contributed by atoms with Crippen molar-refractivity contribution < 1.29 is 32.3 Å². The molecular weight excluding hydrogens is 585 g/mol. The van der Waals surface area contributed by atoms with Crippen LogP contribution in [0.1, 0.15) is 62.5 Å². The van der Waals surface area contributed by atoms with E-state index in [4.69, 9.17) is 0 Å². The zero-order chi connectivity index (χ0) is 32.4. The molecule has 16 heteroatoms. The fourth-order valence-electron chi connectivity index (χ4n) is 3.82. The van der Waals surface area contributed by atoms with Crippen LogP contribution in [0.3, 0.4) is 0 Å². The first-order chi connectivity index (χ1) is 20.8. The fourth-order valence-corrected chi connectivity index (χ4v) is 3.82. The molecule has 0 radical (unpaired) electrons. The number of aromatic nitrogens is 4. The number of benzene rings is 1. The maximum Gasteiger partial charge on any atom is 0.471 e. The first-order valence-corrected chi connectivity index (χ1v) is 13.9. The summed E-state index contributed by atoms with van der Waals surface area (Å²) in [5, 5.41) is 7.90. The van der Waals surface area contributed by atoms with E-state index in [9.17, 15) is 37.1 Å². The number of carbonyl (C=O) groups excluding carboxylic acids is 4. The quantitative estimate of drug-likeness (QED) is 0.211. The number of H-pyrrole nitrogens is 1. The van der Waals surface area contributed by atoms with Crippen LogP contribution in [0.5, 0.6) is 0 Å². The van der Waals surface area contributed by atoms with Crippen LogP contribution in [-0.2, 0) is 20.9 Å². The highest BCUT2D eigenvalue weighted by molar-refractivity contribution is 5.98. The molecule has 0 aliphatic carbocycles. The zero-order valence-electron chi connectivity index (χ0n) is 24.4. The lowest BCUT2D eigenvalue weighted by molar-refractivity contribution is -0.170. The largest absolute Gasteiger partial charge is 0.471 e.